The van der Waals surface area contributed by atoms with Crippen molar-refractivity contribution >= 4 is 23.4 Å². The van der Waals surface area contributed by atoms with E-state index in [9.17, 15) is 9.59 Å². The van der Waals surface area contributed by atoms with Gasteiger partial charge in [0.15, 0.2) is 0 Å². The molecule has 0 saturated carbocycles. The Bertz CT molecular complexity index is 812. The van der Waals surface area contributed by atoms with Crippen LogP contribution in [-0.2, 0) is 4.74 Å². The third kappa shape index (κ3) is 5.25. The standard InChI is InChI=1S/C22H27N3O3/c1-3-28-22(27)25-13-11-20(12-14-25)23-18-7-9-19(10-8-18)24-21(26)17-6-4-5-16(2)15-17/h4-10,15,20,23H,3,11-14H2,1-2H3,(H,24,26). The smallest absolute Gasteiger partial charge is 0.409 e. The average Bonchev–Trinajstić information content (AvgIpc) is 2.70. The molecule has 2 amide bonds. The lowest BCUT2D eigenvalue weighted by Gasteiger charge is -2.32. The minimum atomic E-state index is -0.227. The van der Waals surface area contributed by atoms with E-state index in [-0.39, 0.29) is 12.0 Å². The maximum atomic E-state index is 12.3. The number of amides is 2. The highest BCUT2D eigenvalue weighted by Gasteiger charge is 2.23. The number of hydrogen-bond acceptors (Lipinski definition) is 4. The van der Waals surface area contributed by atoms with Crippen LogP contribution in [0.5, 0.6) is 0 Å². The molecule has 0 radical (unpaired) electrons. The Hall–Kier alpha value is -3.02. The number of piperidine rings is 1. The number of nitrogens with one attached hydrogen (secondary N) is 2. The molecule has 1 heterocycles. The zero-order chi connectivity index (χ0) is 19.9. The van der Waals surface area contributed by atoms with Gasteiger partial charge in [0.2, 0.25) is 0 Å². The second kappa shape index (κ2) is 9.26. The Labute approximate surface area is 165 Å². The molecule has 2 aromatic rings. The lowest BCUT2D eigenvalue weighted by Crippen LogP contribution is -2.42. The molecule has 3 rings (SSSR count). The van der Waals surface area contributed by atoms with Crippen molar-refractivity contribution in [2.45, 2.75) is 32.7 Å². The van der Waals surface area contributed by atoms with Gasteiger partial charge in [-0.15, -0.1) is 0 Å². The van der Waals surface area contributed by atoms with Crippen LogP contribution in [0.3, 0.4) is 0 Å². The predicted octanol–water partition coefficient (Wildman–Crippen LogP) is 4.28. The summed E-state index contributed by atoms with van der Waals surface area (Å²) < 4.78 is 5.05. The van der Waals surface area contributed by atoms with Gasteiger partial charge in [0.1, 0.15) is 0 Å². The van der Waals surface area contributed by atoms with Crippen molar-refractivity contribution in [3.8, 4) is 0 Å². The van der Waals surface area contributed by atoms with Crippen LogP contribution in [0.15, 0.2) is 48.5 Å². The predicted molar refractivity (Wildman–Crippen MR) is 111 cm³/mol. The summed E-state index contributed by atoms with van der Waals surface area (Å²) in [4.78, 5) is 25.8. The third-order valence-corrected chi connectivity index (χ3v) is 4.81. The molecule has 6 nitrogen and oxygen atoms in total. The Morgan fingerprint density at radius 1 is 1.07 bits per heavy atom. The van der Waals surface area contributed by atoms with Gasteiger partial charge in [0.05, 0.1) is 6.61 Å². The summed E-state index contributed by atoms with van der Waals surface area (Å²) >= 11 is 0. The number of benzene rings is 2. The normalized spacial score (nSPS) is 14.4. The highest BCUT2D eigenvalue weighted by molar-refractivity contribution is 6.04. The average molecular weight is 381 g/mol. The van der Waals surface area contributed by atoms with Gasteiger partial charge in [-0.05, 0) is 63.1 Å². The summed E-state index contributed by atoms with van der Waals surface area (Å²) in [6, 6.07) is 15.5. The number of ether oxygens (including phenoxy) is 1. The Morgan fingerprint density at radius 2 is 1.75 bits per heavy atom. The molecule has 0 aromatic heterocycles. The molecule has 1 fully saturated rings. The molecule has 148 valence electrons. The first-order valence-corrected chi connectivity index (χ1v) is 9.71. The molecule has 1 saturated heterocycles. The van der Waals surface area contributed by atoms with E-state index < -0.39 is 0 Å². The van der Waals surface area contributed by atoms with Crippen molar-refractivity contribution in [3.63, 3.8) is 0 Å². The first kappa shape index (κ1) is 19.7. The molecule has 0 aliphatic carbocycles. The van der Waals surface area contributed by atoms with Crippen molar-refractivity contribution in [2.24, 2.45) is 0 Å². The summed E-state index contributed by atoms with van der Waals surface area (Å²) in [6.45, 7) is 5.58. The molecule has 2 aromatic carbocycles. The highest BCUT2D eigenvalue weighted by Crippen LogP contribution is 2.20. The van der Waals surface area contributed by atoms with Crippen molar-refractivity contribution in [2.75, 3.05) is 30.3 Å². The van der Waals surface area contributed by atoms with Crippen molar-refractivity contribution in [3.05, 3.63) is 59.7 Å². The molecular formula is C22H27N3O3. The second-order valence-electron chi connectivity index (χ2n) is 7.01. The zero-order valence-corrected chi connectivity index (χ0v) is 16.4. The lowest BCUT2D eigenvalue weighted by molar-refractivity contribution is 0.0981. The van der Waals surface area contributed by atoms with Gasteiger partial charge in [-0.2, -0.15) is 0 Å². The van der Waals surface area contributed by atoms with Gasteiger partial charge in [-0.3, -0.25) is 4.79 Å². The van der Waals surface area contributed by atoms with Crippen LogP contribution in [-0.4, -0.2) is 42.6 Å². The Kier molecular flexibility index (Phi) is 6.53. The van der Waals surface area contributed by atoms with Gasteiger partial charge >= 0.3 is 6.09 Å². The van der Waals surface area contributed by atoms with E-state index in [1.807, 2.05) is 56.3 Å². The van der Waals surface area contributed by atoms with Crippen molar-refractivity contribution in [1.29, 1.82) is 0 Å². The number of carbonyl (C=O) groups excluding carboxylic acids is 2. The molecule has 0 spiro atoms. The molecule has 1 aliphatic rings. The number of likely N-dealkylation sites (tertiary alicyclic amines) is 1. The van der Waals surface area contributed by atoms with E-state index in [0.29, 0.717) is 31.3 Å². The van der Waals surface area contributed by atoms with Crippen LogP contribution in [0.4, 0.5) is 16.2 Å². The molecule has 0 bridgehead atoms. The van der Waals surface area contributed by atoms with E-state index in [0.717, 1.165) is 29.8 Å². The van der Waals surface area contributed by atoms with Crippen LogP contribution < -0.4 is 10.6 Å². The summed E-state index contributed by atoms with van der Waals surface area (Å²) in [5.41, 5.74) is 3.47. The van der Waals surface area contributed by atoms with Crippen LogP contribution in [0.1, 0.15) is 35.7 Å². The van der Waals surface area contributed by atoms with Gasteiger partial charge in [-0.1, -0.05) is 17.7 Å². The zero-order valence-electron chi connectivity index (χ0n) is 16.4. The summed E-state index contributed by atoms with van der Waals surface area (Å²) in [5.74, 6) is -0.115. The molecule has 0 unspecified atom stereocenters. The van der Waals surface area contributed by atoms with Gasteiger partial charge < -0.3 is 20.3 Å². The monoisotopic (exact) mass is 381 g/mol. The fourth-order valence-corrected chi connectivity index (χ4v) is 3.30. The van der Waals surface area contributed by atoms with E-state index in [1.165, 1.54) is 0 Å². The topological polar surface area (TPSA) is 70.7 Å². The van der Waals surface area contributed by atoms with Crippen LogP contribution in [0, 0.1) is 6.92 Å². The molecule has 28 heavy (non-hydrogen) atoms. The number of anilines is 2. The molecule has 2 N–H and O–H groups in total. The van der Waals surface area contributed by atoms with Gasteiger partial charge in [0, 0.05) is 36.1 Å². The quantitative estimate of drug-likeness (QED) is 0.811. The number of aryl methyl sites for hydroxylation is 1. The second-order valence-corrected chi connectivity index (χ2v) is 7.01. The number of carbonyl (C=O) groups is 2. The van der Waals surface area contributed by atoms with Crippen LogP contribution in [0.25, 0.3) is 0 Å². The largest absolute Gasteiger partial charge is 0.450 e. The van der Waals surface area contributed by atoms with Gasteiger partial charge in [-0.25, -0.2) is 4.79 Å². The molecular weight excluding hydrogens is 354 g/mol. The van der Waals surface area contributed by atoms with Crippen LogP contribution in [0.2, 0.25) is 0 Å². The van der Waals surface area contributed by atoms with E-state index in [4.69, 9.17) is 4.74 Å². The summed E-state index contributed by atoms with van der Waals surface area (Å²) in [6.07, 6.45) is 1.53. The van der Waals surface area contributed by atoms with Crippen molar-refractivity contribution < 1.29 is 14.3 Å². The minimum Gasteiger partial charge on any atom is -0.450 e. The van der Waals surface area contributed by atoms with Gasteiger partial charge in [0.25, 0.3) is 5.91 Å². The van der Waals surface area contributed by atoms with E-state index >= 15 is 0 Å². The van der Waals surface area contributed by atoms with Crippen molar-refractivity contribution in [1.82, 2.24) is 4.90 Å². The number of rotatable bonds is 5. The molecule has 6 heteroatoms. The number of hydrogen-bond donors (Lipinski definition) is 2. The number of nitrogens with zero attached hydrogens (tertiary/aromatic N) is 1. The fourth-order valence-electron chi connectivity index (χ4n) is 3.30. The first-order valence-electron chi connectivity index (χ1n) is 9.71. The Morgan fingerprint density at radius 3 is 2.39 bits per heavy atom. The van der Waals surface area contributed by atoms with E-state index in [2.05, 4.69) is 10.6 Å². The maximum absolute atomic E-state index is 12.3. The SMILES string of the molecule is CCOC(=O)N1CCC(Nc2ccc(NC(=O)c3cccc(C)c3)cc2)CC1. The summed E-state index contributed by atoms with van der Waals surface area (Å²) in [5, 5.41) is 6.42. The third-order valence-electron chi connectivity index (χ3n) is 4.81. The maximum Gasteiger partial charge on any atom is 0.409 e. The fraction of sp³-hybridized carbons (Fsp3) is 0.364. The van der Waals surface area contributed by atoms with Crippen LogP contribution >= 0.6 is 0 Å². The molecule has 0 atom stereocenters. The highest BCUT2D eigenvalue weighted by atomic mass is 16.6. The minimum absolute atomic E-state index is 0.115. The van der Waals surface area contributed by atoms with E-state index in [1.54, 1.807) is 11.0 Å². The molecule has 1 aliphatic heterocycles. The first-order chi connectivity index (χ1) is 13.5. The lowest BCUT2D eigenvalue weighted by atomic mass is 10.0. The Balaban J connectivity index is 1.50. The summed E-state index contributed by atoms with van der Waals surface area (Å²) in [7, 11) is 0.